The van der Waals surface area contributed by atoms with Crippen molar-refractivity contribution in [1.29, 1.82) is 0 Å². The molecule has 0 atom stereocenters. The van der Waals surface area contributed by atoms with Crippen molar-refractivity contribution >= 4 is 11.6 Å². The Bertz CT molecular complexity index is 722. The first-order valence-electron chi connectivity index (χ1n) is 5.64. The Morgan fingerprint density at radius 2 is 1.75 bits per heavy atom. The van der Waals surface area contributed by atoms with Crippen LogP contribution in [-0.4, -0.2) is 15.0 Å². The molecule has 0 saturated heterocycles. The minimum absolute atomic E-state index is 0.205. The van der Waals surface area contributed by atoms with Gasteiger partial charge in [0.25, 0.3) is 0 Å². The van der Waals surface area contributed by atoms with E-state index in [2.05, 4.69) is 15.0 Å². The van der Waals surface area contributed by atoms with Gasteiger partial charge in [-0.2, -0.15) is 13.2 Å². The fourth-order valence-electron chi connectivity index (χ4n) is 1.87. The van der Waals surface area contributed by atoms with Gasteiger partial charge in [0.2, 0.25) is 5.82 Å². The molecule has 2 heterocycles. The zero-order chi connectivity index (χ0) is 14.3. The Morgan fingerprint density at radius 3 is 2.40 bits per heavy atom. The van der Waals surface area contributed by atoms with Crippen molar-refractivity contribution in [2.75, 3.05) is 0 Å². The van der Waals surface area contributed by atoms with Crippen LogP contribution in [0.15, 0.2) is 36.4 Å². The Hall–Kier alpha value is -2.08. The van der Waals surface area contributed by atoms with Crippen LogP contribution < -0.4 is 0 Å². The van der Waals surface area contributed by atoms with Crippen LogP contribution in [0.3, 0.4) is 0 Å². The molecule has 0 aliphatic carbocycles. The highest BCUT2D eigenvalue weighted by atomic mass is 35.5. The number of hydrogen-bond acceptors (Lipinski definition) is 2. The predicted octanol–water partition coefficient (Wildman–Crippen LogP) is 4.25. The van der Waals surface area contributed by atoms with E-state index in [0.29, 0.717) is 5.69 Å². The first-order valence-corrected chi connectivity index (χ1v) is 6.02. The van der Waals surface area contributed by atoms with Gasteiger partial charge < -0.3 is 4.98 Å². The number of aromatic nitrogens is 3. The smallest absolute Gasteiger partial charge is 0.334 e. The van der Waals surface area contributed by atoms with Crippen molar-refractivity contribution in [3.63, 3.8) is 0 Å². The van der Waals surface area contributed by atoms with Crippen LogP contribution in [0.2, 0.25) is 5.15 Å². The highest BCUT2D eigenvalue weighted by molar-refractivity contribution is 6.31. The summed E-state index contributed by atoms with van der Waals surface area (Å²) in [6.07, 6.45) is -4.58. The third-order valence-corrected chi connectivity index (χ3v) is 3.03. The number of aromatic amines is 1. The summed E-state index contributed by atoms with van der Waals surface area (Å²) in [7, 11) is 0. The maximum absolute atomic E-state index is 12.7. The van der Waals surface area contributed by atoms with Gasteiger partial charge in [-0.05, 0) is 6.07 Å². The van der Waals surface area contributed by atoms with E-state index in [4.69, 9.17) is 11.6 Å². The molecule has 1 N–H and O–H groups in total. The molecule has 0 saturated carbocycles. The lowest BCUT2D eigenvalue weighted by molar-refractivity contribution is -0.144. The van der Waals surface area contributed by atoms with Gasteiger partial charge in [0.15, 0.2) is 5.15 Å². The summed E-state index contributed by atoms with van der Waals surface area (Å²) in [4.78, 5) is 9.73. The molecule has 0 unspecified atom stereocenters. The lowest BCUT2D eigenvalue weighted by atomic mass is 10.1. The number of H-pyrrole nitrogens is 1. The van der Waals surface area contributed by atoms with E-state index in [0.717, 1.165) is 5.56 Å². The molecule has 0 radical (unpaired) electrons. The van der Waals surface area contributed by atoms with Crippen molar-refractivity contribution in [3.05, 3.63) is 47.4 Å². The van der Waals surface area contributed by atoms with Crippen LogP contribution in [-0.2, 0) is 6.18 Å². The van der Waals surface area contributed by atoms with E-state index in [1.165, 1.54) is 6.07 Å². The number of halogens is 4. The van der Waals surface area contributed by atoms with E-state index in [1.807, 2.05) is 30.3 Å². The largest absolute Gasteiger partial charge is 0.449 e. The number of rotatable bonds is 1. The van der Waals surface area contributed by atoms with Gasteiger partial charge in [-0.1, -0.05) is 41.9 Å². The summed E-state index contributed by atoms with van der Waals surface area (Å²) in [5, 5.41) is -0.270. The molecule has 0 aromatic heterocycles. The van der Waals surface area contributed by atoms with E-state index >= 15 is 0 Å². The van der Waals surface area contributed by atoms with Gasteiger partial charge in [-0.3, -0.25) is 0 Å². The molecule has 20 heavy (non-hydrogen) atoms. The molecule has 0 spiro atoms. The average Bonchev–Trinajstić information content (AvgIpc) is 2.83. The molecule has 1 aromatic rings. The Kier molecular flexibility index (Phi) is 2.90. The van der Waals surface area contributed by atoms with E-state index in [-0.39, 0.29) is 16.5 Å². The number of fused-ring (bicyclic) bond motifs is 1. The van der Waals surface area contributed by atoms with Crippen LogP contribution in [0.4, 0.5) is 13.2 Å². The summed E-state index contributed by atoms with van der Waals surface area (Å²) >= 11 is 5.78. The zero-order valence-electron chi connectivity index (χ0n) is 9.87. The predicted molar refractivity (Wildman–Crippen MR) is 68.5 cm³/mol. The first kappa shape index (κ1) is 12.9. The van der Waals surface area contributed by atoms with Gasteiger partial charge in [-0.15, -0.1) is 0 Å². The number of benzene rings is 1. The van der Waals surface area contributed by atoms with Crippen molar-refractivity contribution in [1.82, 2.24) is 15.0 Å². The Labute approximate surface area is 116 Å². The molecule has 3 rings (SSSR count). The summed E-state index contributed by atoms with van der Waals surface area (Å²) in [5.74, 6) is -1.14. The van der Waals surface area contributed by atoms with Crippen LogP contribution in [0, 0.1) is 0 Å². The van der Waals surface area contributed by atoms with E-state index < -0.39 is 12.0 Å². The zero-order valence-corrected chi connectivity index (χ0v) is 10.6. The van der Waals surface area contributed by atoms with Crippen LogP contribution >= 0.6 is 11.6 Å². The molecular weight excluding hydrogens is 291 g/mol. The highest BCUT2D eigenvalue weighted by Gasteiger charge is 2.35. The quantitative estimate of drug-likeness (QED) is 0.682. The van der Waals surface area contributed by atoms with Crippen LogP contribution in [0.25, 0.3) is 22.6 Å². The lowest BCUT2D eigenvalue weighted by Gasteiger charge is -2.08. The fraction of sp³-hybridized carbons (Fsp3) is 0.0769. The summed E-state index contributed by atoms with van der Waals surface area (Å²) in [6.45, 7) is 0. The van der Waals surface area contributed by atoms with Gasteiger partial charge in [0, 0.05) is 5.56 Å². The topological polar surface area (TPSA) is 41.6 Å². The second kappa shape index (κ2) is 4.49. The average molecular weight is 298 g/mol. The number of alkyl halides is 3. The monoisotopic (exact) mass is 297 g/mol. The molecule has 7 heteroatoms. The summed E-state index contributed by atoms with van der Waals surface area (Å²) in [6, 6.07) is 10.6. The standard InChI is InChI=1S/C13H7ClF3N3/c14-11-10-9(19-12(20-11)13(15,16)17)6-8(18-10)7-4-2-1-3-5-7/h1-6H,(H,19,20). The molecule has 0 bridgehead atoms. The van der Waals surface area contributed by atoms with Crippen LogP contribution in [0.1, 0.15) is 5.82 Å². The van der Waals surface area contributed by atoms with Gasteiger partial charge >= 0.3 is 6.18 Å². The second-order valence-electron chi connectivity index (χ2n) is 4.14. The first-order chi connectivity index (χ1) is 9.45. The molecule has 0 amide bonds. The van der Waals surface area contributed by atoms with Crippen molar-refractivity contribution in [2.24, 2.45) is 0 Å². The lowest BCUT2D eigenvalue weighted by Crippen LogP contribution is -2.12. The minimum Gasteiger partial charge on any atom is -0.334 e. The third kappa shape index (κ3) is 2.22. The molecular formula is C13H7ClF3N3. The van der Waals surface area contributed by atoms with Crippen LogP contribution in [0.5, 0.6) is 0 Å². The highest BCUT2D eigenvalue weighted by Crippen LogP contribution is 2.35. The Balaban J connectivity index is 2.17. The molecule has 2 aliphatic heterocycles. The van der Waals surface area contributed by atoms with Crippen molar-refractivity contribution in [3.8, 4) is 22.6 Å². The molecule has 0 fully saturated rings. The Morgan fingerprint density at radius 1 is 1.05 bits per heavy atom. The normalized spacial score (nSPS) is 12.0. The maximum atomic E-state index is 12.7. The third-order valence-electron chi connectivity index (χ3n) is 2.76. The number of nitrogens with one attached hydrogen (secondary N) is 1. The SMILES string of the molecule is FC(F)(F)c1nc(Cl)c2nc(-c3ccccc3)cc-2[nH]1. The van der Waals surface area contributed by atoms with Gasteiger partial charge in [-0.25, -0.2) is 9.97 Å². The van der Waals surface area contributed by atoms with Gasteiger partial charge in [0.1, 0.15) is 5.69 Å². The van der Waals surface area contributed by atoms with Crippen molar-refractivity contribution in [2.45, 2.75) is 6.18 Å². The maximum Gasteiger partial charge on any atom is 0.449 e. The fourth-order valence-corrected chi connectivity index (χ4v) is 2.10. The molecule has 3 nitrogen and oxygen atoms in total. The van der Waals surface area contributed by atoms with E-state index in [9.17, 15) is 13.2 Å². The summed E-state index contributed by atoms with van der Waals surface area (Å²) in [5.41, 5.74) is 1.76. The van der Waals surface area contributed by atoms with E-state index in [1.54, 1.807) is 0 Å². The number of hydrogen-bond donors (Lipinski definition) is 1. The van der Waals surface area contributed by atoms with Crippen molar-refractivity contribution < 1.29 is 13.2 Å². The molecule has 2 aliphatic rings. The molecule has 1 aromatic carbocycles. The minimum atomic E-state index is -4.58. The number of nitrogens with zero attached hydrogens (tertiary/aromatic N) is 2. The second-order valence-corrected chi connectivity index (χ2v) is 4.50. The summed E-state index contributed by atoms with van der Waals surface area (Å²) < 4.78 is 38.0. The van der Waals surface area contributed by atoms with Gasteiger partial charge in [0.05, 0.1) is 11.4 Å². The molecule has 102 valence electrons.